The van der Waals surface area contributed by atoms with Gasteiger partial charge in [0.15, 0.2) is 6.19 Å². The SMILES string of the molecule is CC(CC(N)C(=O)NC#N)C(F)(F)F. The number of nitriles is 1. The van der Waals surface area contributed by atoms with Gasteiger partial charge in [-0.3, -0.25) is 10.1 Å². The van der Waals surface area contributed by atoms with Crippen molar-refractivity contribution in [2.24, 2.45) is 11.7 Å². The predicted molar refractivity (Wildman–Crippen MR) is 41.6 cm³/mol. The number of nitrogens with zero attached hydrogens (tertiary/aromatic N) is 1. The molecule has 0 aromatic rings. The van der Waals surface area contributed by atoms with Gasteiger partial charge in [-0.15, -0.1) is 0 Å². The molecule has 4 nitrogen and oxygen atoms in total. The van der Waals surface area contributed by atoms with Crippen molar-refractivity contribution >= 4 is 5.91 Å². The van der Waals surface area contributed by atoms with Gasteiger partial charge in [0.1, 0.15) is 0 Å². The second-order valence-corrected chi connectivity index (χ2v) is 2.89. The van der Waals surface area contributed by atoms with Gasteiger partial charge in [0.25, 0.3) is 0 Å². The Labute approximate surface area is 78.9 Å². The lowest BCUT2D eigenvalue weighted by Crippen LogP contribution is -2.41. The quantitative estimate of drug-likeness (QED) is 0.524. The minimum atomic E-state index is -4.37. The lowest BCUT2D eigenvalue weighted by atomic mass is 10.0. The highest BCUT2D eigenvalue weighted by Gasteiger charge is 2.37. The molecular formula is C7H10F3N3O. The zero-order valence-corrected chi connectivity index (χ0v) is 7.43. The van der Waals surface area contributed by atoms with Crippen LogP contribution in [0.25, 0.3) is 0 Å². The van der Waals surface area contributed by atoms with Gasteiger partial charge in [0, 0.05) is 0 Å². The standard InChI is InChI=1S/C7H10F3N3O/c1-4(7(8,9)10)2-5(12)6(14)13-3-11/h4-5H,2,12H2,1H3,(H,13,14). The molecule has 0 rings (SSSR count). The smallest absolute Gasteiger partial charge is 0.320 e. The minimum absolute atomic E-state index is 0.531. The Hall–Kier alpha value is -1.29. The first-order valence-corrected chi connectivity index (χ1v) is 3.80. The van der Waals surface area contributed by atoms with Crippen LogP contribution in [0.15, 0.2) is 0 Å². The number of halogens is 3. The maximum atomic E-state index is 12.0. The summed E-state index contributed by atoms with van der Waals surface area (Å²) in [7, 11) is 0. The highest BCUT2D eigenvalue weighted by Crippen LogP contribution is 2.28. The third-order valence-electron chi connectivity index (χ3n) is 1.68. The van der Waals surface area contributed by atoms with E-state index in [1.165, 1.54) is 6.19 Å². The van der Waals surface area contributed by atoms with Crippen LogP contribution in [0.4, 0.5) is 13.2 Å². The van der Waals surface area contributed by atoms with Crippen LogP contribution in [-0.2, 0) is 4.79 Å². The molecule has 1 amide bonds. The number of carbonyl (C=O) groups excluding carboxylic acids is 1. The van der Waals surface area contributed by atoms with E-state index in [0.29, 0.717) is 0 Å². The number of rotatable bonds is 3. The van der Waals surface area contributed by atoms with Crippen molar-refractivity contribution in [1.29, 1.82) is 5.26 Å². The Morgan fingerprint density at radius 1 is 1.64 bits per heavy atom. The van der Waals surface area contributed by atoms with Crippen molar-refractivity contribution in [1.82, 2.24) is 5.32 Å². The molecule has 0 saturated heterocycles. The summed E-state index contributed by atoms with van der Waals surface area (Å²) in [4.78, 5) is 10.8. The summed E-state index contributed by atoms with van der Waals surface area (Å²) in [5, 5.41) is 9.70. The summed E-state index contributed by atoms with van der Waals surface area (Å²) in [6.07, 6.45) is -3.60. The van der Waals surface area contributed by atoms with Crippen LogP contribution in [0.2, 0.25) is 0 Å². The van der Waals surface area contributed by atoms with Crippen molar-refractivity contribution < 1.29 is 18.0 Å². The van der Waals surface area contributed by atoms with E-state index in [2.05, 4.69) is 0 Å². The molecule has 7 heteroatoms. The summed E-state index contributed by atoms with van der Waals surface area (Å²) in [5.41, 5.74) is 5.14. The van der Waals surface area contributed by atoms with Gasteiger partial charge in [-0.05, 0) is 6.42 Å². The Morgan fingerprint density at radius 3 is 2.50 bits per heavy atom. The van der Waals surface area contributed by atoms with Crippen LogP contribution in [0.1, 0.15) is 13.3 Å². The number of carbonyl (C=O) groups is 1. The van der Waals surface area contributed by atoms with Crippen LogP contribution in [0, 0.1) is 17.4 Å². The molecule has 0 heterocycles. The lowest BCUT2D eigenvalue weighted by molar-refractivity contribution is -0.172. The molecule has 0 spiro atoms. The first-order chi connectivity index (χ1) is 6.29. The van der Waals surface area contributed by atoms with E-state index in [-0.39, 0.29) is 0 Å². The normalized spacial score (nSPS) is 15.4. The van der Waals surface area contributed by atoms with E-state index in [1.54, 1.807) is 5.32 Å². The fourth-order valence-corrected chi connectivity index (χ4v) is 0.769. The molecule has 0 aliphatic heterocycles. The largest absolute Gasteiger partial charge is 0.391 e. The fraction of sp³-hybridized carbons (Fsp3) is 0.714. The van der Waals surface area contributed by atoms with Crippen molar-refractivity contribution in [2.45, 2.75) is 25.6 Å². The number of hydrogen-bond acceptors (Lipinski definition) is 3. The highest BCUT2D eigenvalue weighted by molar-refractivity contribution is 5.82. The first kappa shape index (κ1) is 12.7. The zero-order valence-electron chi connectivity index (χ0n) is 7.43. The van der Waals surface area contributed by atoms with Gasteiger partial charge < -0.3 is 5.73 Å². The molecule has 80 valence electrons. The average Bonchev–Trinajstić information content (AvgIpc) is 2.02. The van der Waals surface area contributed by atoms with E-state index in [9.17, 15) is 18.0 Å². The van der Waals surface area contributed by atoms with E-state index in [1.807, 2.05) is 0 Å². The van der Waals surface area contributed by atoms with E-state index >= 15 is 0 Å². The van der Waals surface area contributed by atoms with Gasteiger partial charge in [-0.25, -0.2) is 0 Å². The molecule has 2 unspecified atom stereocenters. The van der Waals surface area contributed by atoms with E-state index in [4.69, 9.17) is 11.0 Å². The highest BCUT2D eigenvalue weighted by atomic mass is 19.4. The monoisotopic (exact) mass is 209 g/mol. The van der Waals surface area contributed by atoms with E-state index < -0.39 is 30.5 Å². The maximum Gasteiger partial charge on any atom is 0.391 e. The fourth-order valence-electron chi connectivity index (χ4n) is 0.769. The summed E-state index contributed by atoms with van der Waals surface area (Å²) in [6, 6.07) is -1.31. The molecule has 0 bridgehead atoms. The number of hydrogen-bond donors (Lipinski definition) is 2. The van der Waals surface area contributed by atoms with Gasteiger partial charge in [-0.1, -0.05) is 6.92 Å². The second kappa shape index (κ2) is 4.81. The molecule has 14 heavy (non-hydrogen) atoms. The zero-order chi connectivity index (χ0) is 11.4. The van der Waals surface area contributed by atoms with Crippen molar-refractivity contribution in [3.05, 3.63) is 0 Å². The van der Waals surface area contributed by atoms with Crippen LogP contribution < -0.4 is 11.1 Å². The Kier molecular flexibility index (Phi) is 4.37. The summed E-state index contributed by atoms with van der Waals surface area (Å²) in [5.74, 6) is -2.56. The number of alkyl halides is 3. The summed E-state index contributed by atoms with van der Waals surface area (Å²) in [6.45, 7) is 0.930. The molecule has 3 N–H and O–H groups in total. The summed E-state index contributed by atoms with van der Waals surface area (Å²) < 4.78 is 36.0. The minimum Gasteiger partial charge on any atom is -0.320 e. The van der Waals surface area contributed by atoms with Crippen LogP contribution in [0.5, 0.6) is 0 Å². The molecule has 0 saturated carbocycles. The van der Waals surface area contributed by atoms with Crippen LogP contribution in [-0.4, -0.2) is 18.1 Å². The predicted octanol–water partition coefficient (Wildman–Crippen LogP) is 0.499. The third-order valence-corrected chi connectivity index (χ3v) is 1.68. The molecule has 2 atom stereocenters. The van der Waals surface area contributed by atoms with Gasteiger partial charge in [0.2, 0.25) is 5.91 Å². The first-order valence-electron chi connectivity index (χ1n) is 3.80. The van der Waals surface area contributed by atoms with Gasteiger partial charge in [0.05, 0.1) is 12.0 Å². The number of nitrogens with two attached hydrogens (primary N) is 1. The van der Waals surface area contributed by atoms with Crippen molar-refractivity contribution in [3.63, 3.8) is 0 Å². The van der Waals surface area contributed by atoms with Crippen molar-refractivity contribution in [2.75, 3.05) is 0 Å². The molecule has 0 aliphatic carbocycles. The van der Waals surface area contributed by atoms with Crippen LogP contribution in [0.3, 0.4) is 0 Å². The molecule has 0 fully saturated rings. The Morgan fingerprint density at radius 2 is 2.14 bits per heavy atom. The topological polar surface area (TPSA) is 78.9 Å². The molecule has 0 aromatic heterocycles. The number of amides is 1. The molecule has 0 radical (unpaired) electrons. The number of nitrogens with one attached hydrogen (secondary N) is 1. The van der Waals surface area contributed by atoms with Gasteiger partial charge in [-0.2, -0.15) is 18.4 Å². The molecule has 0 aromatic carbocycles. The lowest BCUT2D eigenvalue weighted by Gasteiger charge is -2.18. The Balaban J connectivity index is 4.14. The average molecular weight is 209 g/mol. The third kappa shape index (κ3) is 4.09. The summed E-state index contributed by atoms with van der Waals surface area (Å²) >= 11 is 0. The van der Waals surface area contributed by atoms with Crippen LogP contribution >= 0.6 is 0 Å². The molecule has 0 aliphatic rings. The maximum absolute atomic E-state index is 12.0. The Bertz CT molecular complexity index is 246. The van der Waals surface area contributed by atoms with Gasteiger partial charge >= 0.3 is 6.18 Å². The molecular weight excluding hydrogens is 199 g/mol. The second-order valence-electron chi connectivity index (χ2n) is 2.89. The van der Waals surface area contributed by atoms with E-state index in [0.717, 1.165) is 6.92 Å². The van der Waals surface area contributed by atoms with Crippen molar-refractivity contribution in [3.8, 4) is 6.19 Å².